The Bertz CT molecular complexity index is 510. The second-order valence-corrected chi connectivity index (χ2v) is 3.86. The molecule has 84 valence electrons. The van der Waals surface area contributed by atoms with Gasteiger partial charge in [0.2, 0.25) is 6.08 Å². The molecular formula is C15H13NO. The molecule has 0 aliphatic carbocycles. The molecule has 0 atom stereocenters. The van der Waals surface area contributed by atoms with Crippen LogP contribution in [0.3, 0.4) is 0 Å². The van der Waals surface area contributed by atoms with Gasteiger partial charge in [-0.05, 0) is 36.1 Å². The number of isocyanates is 1. The highest BCUT2D eigenvalue weighted by molar-refractivity contribution is 5.49. The van der Waals surface area contributed by atoms with Crippen molar-refractivity contribution in [1.82, 2.24) is 0 Å². The van der Waals surface area contributed by atoms with E-state index in [4.69, 9.17) is 0 Å². The van der Waals surface area contributed by atoms with E-state index in [0.717, 1.165) is 12.8 Å². The van der Waals surface area contributed by atoms with Crippen LogP contribution in [0.4, 0.5) is 5.69 Å². The van der Waals surface area contributed by atoms with Gasteiger partial charge in [0.25, 0.3) is 0 Å². The molecule has 0 aliphatic rings. The Labute approximate surface area is 101 Å². The van der Waals surface area contributed by atoms with Crippen LogP contribution in [0.15, 0.2) is 59.6 Å². The monoisotopic (exact) mass is 223 g/mol. The van der Waals surface area contributed by atoms with Crippen molar-refractivity contribution in [3.63, 3.8) is 0 Å². The summed E-state index contributed by atoms with van der Waals surface area (Å²) in [5.41, 5.74) is 3.24. The molecule has 0 spiro atoms. The number of rotatable bonds is 4. The Kier molecular flexibility index (Phi) is 3.85. The second kappa shape index (κ2) is 5.78. The number of carbonyl (C=O) groups excluding carboxylic acids is 1. The third kappa shape index (κ3) is 3.40. The summed E-state index contributed by atoms with van der Waals surface area (Å²) in [6, 6.07) is 18.1. The van der Waals surface area contributed by atoms with E-state index in [0.29, 0.717) is 5.69 Å². The van der Waals surface area contributed by atoms with Gasteiger partial charge in [0.1, 0.15) is 0 Å². The van der Waals surface area contributed by atoms with Crippen LogP contribution >= 0.6 is 0 Å². The Balaban J connectivity index is 1.98. The predicted octanol–water partition coefficient (Wildman–Crippen LogP) is 3.44. The Morgan fingerprint density at radius 1 is 0.824 bits per heavy atom. The van der Waals surface area contributed by atoms with E-state index in [9.17, 15) is 4.79 Å². The molecule has 0 bridgehead atoms. The van der Waals surface area contributed by atoms with Gasteiger partial charge in [-0.1, -0.05) is 42.5 Å². The maximum atomic E-state index is 10.1. The summed E-state index contributed by atoms with van der Waals surface area (Å²) < 4.78 is 0. The molecule has 0 amide bonds. The summed E-state index contributed by atoms with van der Waals surface area (Å²) in [5, 5.41) is 0. The molecule has 2 aromatic rings. The molecule has 0 aliphatic heterocycles. The van der Waals surface area contributed by atoms with Crippen molar-refractivity contribution in [3.05, 3.63) is 65.7 Å². The van der Waals surface area contributed by atoms with Gasteiger partial charge in [0.05, 0.1) is 5.69 Å². The topological polar surface area (TPSA) is 29.4 Å². The van der Waals surface area contributed by atoms with Gasteiger partial charge in [0.15, 0.2) is 0 Å². The summed E-state index contributed by atoms with van der Waals surface area (Å²) in [4.78, 5) is 13.6. The van der Waals surface area contributed by atoms with Gasteiger partial charge in [-0.3, -0.25) is 0 Å². The van der Waals surface area contributed by atoms with E-state index in [2.05, 4.69) is 29.3 Å². The molecule has 0 heterocycles. The molecule has 0 saturated heterocycles. The molecule has 0 saturated carbocycles. The van der Waals surface area contributed by atoms with Crippen molar-refractivity contribution < 1.29 is 4.79 Å². The van der Waals surface area contributed by atoms with Crippen LogP contribution < -0.4 is 0 Å². The third-order valence-corrected chi connectivity index (χ3v) is 2.66. The highest BCUT2D eigenvalue weighted by Gasteiger charge is 1.95. The number of nitrogens with zero attached hydrogens (tertiary/aromatic N) is 1. The summed E-state index contributed by atoms with van der Waals surface area (Å²) in [6.45, 7) is 0. The fourth-order valence-electron chi connectivity index (χ4n) is 1.72. The molecule has 0 N–H and O–H groups in total. The third-order valence-electron chi connectivity index (χ3n) is 2.66. The van der Waals surface area contributed by atoms with E-state index < -0.39 is 0 Å². The normalized spacial score (nSPS) is 9.65. The van der Waals surface area contributed by atoms with Crippen LogP contribution in [0.1, 0.15) is 11.1 Å². The maximum Gasteiger partial charge on any atom is 0.240 e. The Morgan fingerprint density at radius 3 is 2.00 bits per heavy atom. The Morgan fingerprint density at radius 2 is 1.41 bits per heavy atom. The van der Waals surface area contributed by atoms with Crippen LogP contribution in [-0.4, -0.2) is 6.08 Å². The number of aryl methyl sites for hydroxylation is 2. The van der Waals surface area contributed by atoms with Crippen LogP contribution in [0.5, 0.6) is 0 Å². The van der Waals surface area contributed by atoms with Crippen molar-refractivity contribution in [3.8, 4) is 0 Å². The van der Waals surface area contributed by atoms with Crippen LogP contribution in [0, 0.1) is 0 Å². The van der Waals surface area contributed by atoms with Crippen molar-refractivity contribution in [1.29, 1.82) is 0 Å². The second-order valence-electron chi connectivity index (χ2n) is 3.86. The quantitative estimate of drug-likeness (QED) is 0.576. The minimum Gasteiger partial charge on any atom is -0.211 e. The van der Waals surface area contributed by atoms with E-state index in [1.807, 2.05) is 30.3 Å². The van der Waals surface area contributed by atoms with Crippen molar-refractivity contribution >= 4 is 11.8 Å². The lowest BCUT2D eigenvalue weighted by Crippen LogP contribution is -1.90. The van der Waals surface area contributed by atoms with Gasteiger partial charge in [-0.15, -0.1) is 0 Å². The molecular weight excluding hydrogens is 210 g/mol. The summed E-state index contributed by atoms with van der Waals surface area (Å²) in [7, 11) is 0. The van der Waals surface area contributed by atoms with E-state index in [1.165, 1.54) is 17.2 Å². The summed E-state index contributed by atoms with van der Waals surface area (Å²) in [5.74, 6) is 0. The van der Waals surface area contributed by atoms with Gasteiger partial charge < -0.3 is 0 Å². The molecule has 17 heavy (non-hydrogen) atoms. The summed E-state index contributed by atoms with van der Waals surface area (Å²) >= 11 is 0. The van der Waals surface area contributed by atoms with Gasteiger partial charge in [0, 0.05) is 0 Å². The predicted molar refractivity (Wildman–Crippen MR) is 68.1 cm³/mol. The van der Waals surface area contributed by atoms with Crippen LogP contribution in [-0.2, 0) is 17.6 Å². The first kappa shape index (κ1) is 11.3. The standard InChI is InChI=1S/C15H13NO/c17-12-16-15-10-8-14(9-11-15)7-6-13-4-2-1-3-5-13/h1-5,8-11H,6-7H2. The van der Waals surface area contributed by atoms with Crippen molar-refractivity contribution in [2.75, 3.05) is 0 Å². The van der Waals surface area contributed by atoms with Crippen LogP contribution in [0.25, 0.3) is 0 Å². The van der Waals surface area contributed by atoms with Gasteiger partial charge >= 0.3 is 0 Å². The smallest absolute Gasteiger partial charge is 0.211 e. The largest absolute Gasteiger partial charge is 0.240 e. The molecule has 0 fully saturated rings. The first-order valence-electron chi connectivity index (χ1n) is 5.59. The first-order chi connectivity index (χ1) is 8.38. The zero-order valence-electron chi connectivity index (χ0n) is 9.47. The number of aliphatic imine (C=N–C) groups is 1. The highest BCUT2D eigenvalue weighted by Crippen LogP contribution is 2.14. The lowest BCUT2D eigenvalue weighted by Gasteiger charge is -2.02. The fraction of sp³-hybridized carbons (Fsp3) is 0.133. The Hall–Kier alpha value is -2.18. The molecule has 0 radical (unpaired) electrons. The fourth-order valence-corrected chi connectivity index (χ4v) is 1.72. The lowest BCUT2D eigenvalue weighted by molar-refractivity contribution is 0.565. The molecule has 2 rings (SSSR count). The van der Waals surface area contributed by atoms with E-state index in [-0.39, 0.29) is 0 Å². The first-order valence-corrected chi connectivity index (χ1v) is 5.59. The maximum absolute atomic E-state index is 10.1. The van der Waals surface area contributed by atoms with Crippen LogP contribution in [0.2, 0.25) is 0 Å². The van der Waals surface area contributed by atoms with Crippen molar-refractivity contribution in [2.24, 2.45) is 4.99 Å². The minimum absolute atomic E-state index is 0.656. The SMILES string of the molecule is O=C=Nc1ccc(CCc2ccccc2)cc1. The average Bonchev–Trinajstić information content (AvgIpc) is 2.40. The molecule has 2 nitrogen and oxygen atoms in total. The van der Waals surface area contributed by atoms with E-state index >= 15 is 0 Å². The zero-order valence-corrected chi connectivity index (χ0v) is 9.47. The summed E-state index contributed by atoms with van der Waals surface area (Å²) in [6.07, 6.45) is 3.56. The van der Waals surface area contributed by atoms with E-state index in [1.54, 1.807) is 0 Å². The van der Waals surface area contributed by atoms with Gasteiger partial charge in [-0.25, -0.2) is 4.79 Å². The number of hydrogen-bond acceptors (Lipinski definition) is 2. The molecule has 0 aromatic heterocycles. The molecule has 0 unspecified atom stereocenters. The average molecular weight is 223 g/mol. The minimum atomic E-state index is 0.656. The highest BCUT2D eigenvalue weighted by atomic mass is 16.1. The number of benzene rings is 2. The van der Waals surface area contributed by atoms with Gasteiger partial charge in [-0.2, -0.15) is 4.99 Å². The number of hydrogen-bond donors (Lipinski definition) is 0. The molecule has 2 aromatic carbocycles. The lowest BCUT2D eigenvalue weighted by atomic mass is 10.0. The molecule has 2 heteroatoms. The van der Waals surface area contributed by atoms with Crippen molar-refractivity contribution in [2.45, 2.75) is 12.8 Å². The zero-order chi connectivity index (χ0) is 11.9.